The van der Waals surface area contributed by atoms with E-state index < -0.39 is 0 Å². The number of Topliss-reactive ketones (excluding diaryl/α,β-unsaturated/α-hetero) is 1. The third kappa shape index (κ3) is 6.06. The number of pyridine rings is 1. The molecule has 1 N–H and O–H groups in total. The van der Waals surface area contributed by atoms with E-state index in [0.29, 0.717) is 0 Å². The Balaban J connectivity index is 1.58. The van der Waals surface area contributed by atoms with Crippen LogP contribution in [0.1, 0.15) is 75.2 Å². The summed E-state index contributed by atoms with van der Waals surface area (Å²) in [6.07, 6.45) is 13.2. The van der Waals surface area contributed by atoms with Crippen LogP contribution in [-0.2, 0) is 24.1 Å². The molecule has 0 aliphatic heterocycles. The third-order valence-corrected chi connectivity index (χ3v) is 5.00. The first-order chi connectivity index (χ1) is 11.2. The topological polar surface area (TPSA) is 42.0 Å². The largest absolute Gasteiger partial charge is 0.311 e. The molecule has 1 aromatic heterocycles. The van der Waals surface area contributed by atoms with Gasteiger partial charge < -0.3 is 5.32 Å². The van der Waals surface area contributed by atoms with E-state index in [1.807, 2.05) is 7.05 Å². The number of nitrogens with one attached hydrogen (secondary N) is 1. The lowest BCUT2D eigenvalue weighted by atomic mass is 9.95. The van der Waals surface area contributed by atoms with Crippen molar-refractivity contribution < 1.29 is 4.79 Å². The van der Waals surface area contributed by atoms with Gasteiger partial charge in [0.25, 0.3) is 0 Å². The van der Waals surface area contributed by atoms with Crippen LogP contribution < -0.4 is 5.32 Å². The summed E-state index contributed by atoms with van der Waals surface area (Å²) < 4.78 is 0. The van der Waals surface area contributed by atoms with Crippen LogP contribution in [0.4, 0.5) is 0 Å². The molecule has 2 rings (SSSR count). The number of nitrogens with zero attached hydrogens (tertiary/aromatic N) is 1. The SMILES string of the molecule is CNC(CCCCCCCc1ccc2c(n1)CCCC2)C(C)=O. The van der Waals surface area contributed by atoms with Crippen molar-refractivity contribution in [2.75, 3.05) is 7.05 Å². The van der Waals surface area contributed by atoms with E-state index in [9.17, 15) is 4.79 Å². The number of hydrogen-bond acceptors (Lipinski definition) is 3. The lowest BCUT2D eigenvalue weighted by Crippen LogP contribution is -2.31. The van der Waals surface area contributed by atoms with E-state index in [2.05, 4.69) is 17.4 Å². The molecule has 0 fully saturated rings. The maximum Gasteiger partial charge on any atom is 0.146 e. The van der Waals surface area contributed by atoms with E-state index in [1.165, 1.54) is 68.3 Å². The zero-order valence-corrected chi connectivity index (χ0v) is 14.9. The monoisotopic (exact) mass is 316 g/mol. The summed E-state index contributed by atoms with van der Waals surface area (Å²) in [5, 5.41) is 3.09. The molecule has 1 unspecified atom stereocenters. The highest BCUT2D eigenvalue weighted by atomic mass is 16.1. The van der Waals surface area contributed by atoms with Gasteiger partial charge in [0, 0.05) is 11.4 Å². The molecule has 1 aliphatic carbocycles. The number of aryl methyl sites for hydroxylation is 3. The number of rotatable bonds is 10. The minimum absolute atomic E-state index is 0.0506. The molecule has 1 atom stereocenters. The lowest BCUT2D eigenvalue weighted by molar-refractivity contribution is -0.119. The Morgan fingerprint density at radius 1 is 1.13 bits per heavy atom. The normalized spacial score (nSPS) is 15.2. The van der Waals surface area contributed by atoms with Crippen molar-refractivity contribution in [1.29, 1.82) is 0 Å². The van der Waals surface area contributed by atoms with Crippen molar-refractivity contribution in [1.82, 2.24) is 10.3 Å². The molecule has 128 valence electrons. The predicted octanol–water partition coefficient (Wildman–Crippen LogP) is 4.02. The van der Waals surface area contributed by atoms with Crippen molar-refractivity contribution in [3.63, 3.8) is 0 Å². The third-order valence-electron chi connectivity index (χ3n) is 5.00. The van der Waals surface area contributed by atoms with Gasteiger partial charge in [0.05, 0.1) is 6.04 Å². The number of aromatic nitrogens is 1. The fourth-order valence-electron chi connectivity index (χ4n) is 3.50. The van der Waals surface area contributed by atoms with Crippen LogP contribution in [0, 0.1) is 0 Å². The highest BCUT2D eigenvalue weighted by Gasteiger charge is 2.11. The molecular formula is C20H32N2O. The number of carbonyl (C=O) groups excluding carboxylic acids is 1. The Labute approximate surface area is 141 Å². The van der Waals surface area contributed by atoms with Gasteiger partial charge in [0.2, 0.25) is 0 Å². The van der Waals surface area contributed by atoms with Gasteiger partial charge in [-0.3, -0.25) is 9.78 Å². The zero-order valence-electron chi connectivity index (χ0n) is 14.9. The number of unbranched alkanes of at least 4 members (excludes halogenated alkanes) is 4. The van der Waals surface area contributed by atoms with Crippen LogP contribution in [0.2, 0.25) is 0 Å². The molecular weight excluding hydrogens is 284 g/mol. The molecule has 0 bridgehead atoms. The predicted molar refractivity (Wildman–Crippen MR) is 95.8 cm³/mol. The Kier molecular flexibility index (Phi) is 7.73. The summed E-state index contributed by atoms with van der Waals surface area (Å²) in [5.41, 5.74) is 4.11. The molecule has 0 saturated carbocycles. The maximum atomic E-state index is 11.3. The van der Waals surface area contributed by atoms with E-state index in [-0.39, 0.29) is 11.8 Å². The Morgan fingerprint density at radius 3 is 2.65 bits per heavy atom. The molecule has 3 nitrogen and oxygen atoms in total. The summed E-state index contributed by atoms with van der Waals surface area (Å²) in [6, 6.07) is 4.58. The molecule has 1 aliphatic rings. The van der Waals surface area contributed by atoms with E-state index in [0.717, 1.165) is 19.3 Å². The molecule has 3 heteroatoms. The first-order valence-electron chi connectivity index (χ1n) is 9.36. The van der Waals surface area contributed by atoms with Gasteiger partial charge >= 0.3 is 0 Å². The van der Waals surface area contributed by atoms with Crippen molar-refractivity contribution in [2.24, 2.45) is 0 Å². The van der Waals surface area contributed by atoms with Crippen LogP contribution in [0.3, 0.4) is 0 Å². The Hall–Kier alpha value is -1.22. The Morgan fingerprint density at radius 2 is 1.87 bits per heavy atom. The van der Waals surface area contributed by atoms with E-state index in [1.54, 1.807) is 6.92 Å². The fourth-order valence-corrected chi connectivity index (χ4v) is 3.50. The first kappa shape index (κ1) is 18.1. The van der Waals surface area contributed by atoms with E-state index in [4.69, 9.17) is 4.98 Å². The van der Waals surface area contributed by atoms with Gasteiger partial charge in [-0.25, -0.2) is 0 Å². The number of ketones is 1. The smallest absolute Gasteiger partial charge is 0.146 e. The molecule has 1 aromatic rings. The Bertz CT molecular complexity index is 498. The van der Waals surface area contributed by atoms with Crippen molar-refractivity contribution in [2.45, 2.75) is 83.6 Å². The van der Waals surface area contributed by atoms with Crippen molar-refractivity contribution in [3.8, 4) is 0 Å². The summed E-state index contributed by atoms with van der Waals surface area (Å²) >= 11 is 0. The second-order valence-corrected chi connectivity index (χ2v) is 6.87. The highest BCUT2D eigenvalue weighted by Crippen LogP contribution is 2.20. The van der Waals surface area contributed by atoms with Gasteiger partial charge in [-0.05, 0) is 70.5 Å². The quantitative estimate of drug-likeness (QED) is 0.663. The second kappa shape index (κ2) is 9.82. The summed E-state index contributed by atoms with van der Waals surface area (Å²) in [5.74, 6) is 0.256. The second-order valence-electron chi connectivity index (χ2n) is 6.87. The molecule has 0 radical (unpaired) electrons. The molecule has 1 heterocycles. The molecule has 0 aromatic carbocycles. The highest BCUT2D eigenvalue weighted by molar-refractivity contribution is 5.81. The summed E-state index contributed by atoms with van der Waals surface area (Å²) in [4.78, 5) is 16.2. The minimum Gasteiger partial charge on any atom is -0.311 e. The average molecular weight is 316 g/mol. The fraction of sp³-hybridized carbons (Fsp3) is 0.700. The minimum atomic E-state index is 0.0506. The number of hydrogen-bond donors (Lipinski definition) is 1. The number of fused-ring (bicyclic) bond motifs is 1. The van der Waals surface area contributed by atoms with Gasteiger partial charge in [0.15, 0.2) is 0 Å². The van der Waals surface area contributed by atoms with Gasteiger partial charge in [-0.2, -0.15) is 0 Å². The van der Waals surface area contributed by atoms with Crippen LogP contribution in [0.5, 0.6) is 0 Å². The van der Waals surface area contributed by atoms with Gasteiger partial charge in [-0.1, -0.05) is 31.7 Å². The molecule has 23 heavy (non-hydrogen) atoms. The van der Waals surface area contributed by atoms with E-state index >= 15 is 0 Å². The van der Waals surface area contributed by atoms with Gasteiger partial charge in [-0.15, -0.1) is 0 Å². The number of likely N-dealkylation sites (N-methyl/N-ethyl adjacent to an activating group) is 1. The summed E-state index contributed by atoms with van der Waals surface area (Å²) in [6.45, 7) is 1.67. The summed E-state index contributed by atoms with van der Waals surface area (Å²) in [7, 11) is 1.87. The maximum absolute atomic E-state index is 11.3. The zero-order chi connectivity index (χ0) is 16.5. The van der Waals surface area contributed by atoms with Crippen LogP contribution in [0.15, 0.2) is 12.1 Å². The lowest BCUT2D eigenvalue weighted by Gasteiger charge is -2.15. The van der Waals surface area contributed by atoms with Gasteiger partial charge in [0.1, 0.15) is 5.78 Å². The average Bonchev–Trinajstić information content (AvgIpc) is 2.57. The molecule has 0 amide bonds. The number of carbonyl (C=O) groups is 1. The standard InChI is InChI=1S/C20H32N2O/c1-16(23)19(21-2)12-7-5-3-4-6-11-18-15-14-17-10-8-9-13-20(17)22-18/h14-15,19,21H,3-13H2,1-2H3. The van der Waals surface area contributed by atoms with Crippen LogP contribution >= 0.6 is 0 Å². The van der Waals surface area contributed by atoms with Crippen LogP contribution in [-0.4, -0.2) is 23.9 Å². The first-order valence-corrected chi connectivity index (χ1v) is 9.36. The van der Waals surface area contributed by atoms with Crippen molar-refractivity contribution in [3.05, 3.63) is 29.1 Å². The van der Waals surface area contributed by atoms with Crippen molar-refractivity contribution >= 4 is 5.78 Å². The molecule has 0 saturated heterocycles. The van der Waals surface area contributed by atoms with Crippen LogP contribution in [0.25, 0.3) is 0 Å². The molecule has 0 spiro atoms.